The number of aromatic nitrogens is 3. The summed E-state index contributed by atoms with van der Waals surface area (Å²) in [5, 5.41) is 6.79. The van der Waals surface area contributed by atoms with Gasteiger partial charge >= 0.3 is 0 Å². The fourth-order valence-electron chi connectivity index (χ4n) is 1.86. The molecule has 106 valence electrons. The molecule has 6 heteroatoms. The highest BCUT2D eigenvalue weighted by Gasteiger charge is 2.12. The number of aryl methyl sites for hydroxylation is 1. The van der Waals surface area contributed by atoms with Gasteiger partial charge in [-0.2, -0.15) is 5.10 Å². The Morgan fingerprint density at radius 1 is 1.30 bits per heavy atom. The van der Waals surface area contributed by atoms with E-state index in [4.69, 9.17) is 5.73 Å². The Bertz CT molecular complexity index is 576. The molecule has 2 aromatic rings. The number of rotatable bonds is 5. The van der Waals surface area contributed by atoms with Crippen molar-refractivity contribution >= 4 is 5.91 Å². The quantitative estimate of drug-likeness (QED) is 0.842. The van der Waals surface area contributed by atoms with Crippen molar-refractivity contribution in [3.63, 3.8) is 0 Å². The number of amides is 1. The largest absolute Gasteiger partial charge is 0.338 e. The number of carbonyl (C=O) groups excluding carboxylic acids is 1. The SMILES string of the molecule is Cc1nc(CN(C)C(=O)Cc2ccc(CN)cc2)n[nH]1. The molecule has 1 aromatic heterocycles. The molecule has 0 atom stereocenters. The van der Waals surface area contributed by atoms with Gasteiger partial charge in [-0.1, -0.05) is 24.3 Å². The summed E-state index contributed by atoms with van der Waals surface area (Å²) < 4.78 is 0. The first kappa shape index (κ1) is 14.2. The number of nitrogens with zero attached hydrogens (tertiary/aromatic N) is 3. The lowest BCUT2D eigenvalue weighted by Crippen LogP contribution is -2.28. The number of nitrogens with one attached hydrogen (secondary N) is 1. The van der Waals surface area contributed by atoms with Gasteiger partial charge in [-0.3, -0.25) is 9.89 Å². The van der Waals surface area contributed by atoms with Crippen LogP contribution in [0.25, 0.3) is 0 Å². The topological polar surface area (TPSA) is 87.9 Å². The molecule has 1 heterocycles. The van der Waals surface area contributed by atoms with Crippen LogP contribution in [0.3, 0.4) is 0 Å². The van der Waals surface area contributed by atoms with E-state index < -0.39 is 0 Å². The van der Waals surface area contributed by atoms with E-state index in [1.807, 2.05) is 31.2 Å². The van der Waals surface area contributed by atoms with E-state index in [-0.39, 0.29) is 5.91 Å². The van der Waals surface area contributed by atoms with Crippen LogP contribution in [0, 0.1) is 6.92 Å². The van der Waals surface area contributed by atoms with E-state index in [1.165, 1.54) is 0 Å². The summed E-state index contributed by atoms with van der Waals surface area (Å²) in [6, 6.07) is 7.76. The number of hydrogen-bond acceptors (Lipinski definition) is 4. The molecule has 0 aliphatic rings. The fraction of sp³-hybridized carbons (Fsp3) is 0.357. The molecule has 0 unspecified atom stereocenters. The van der Waals surface area contributed by atoms with Gasteiger partial charge in [-0.25, -0.2) is 4.98 Å². The van der Waals surface area contributed by atoms with E-state index in [1.54, 1.807) is 11.9 Å². The summed E-state index contributed by atoms with van der Waals surface area (Å²) in [6.45, 7) is 2.75. The van der Waals surface area contributed by atoms with E-state index >= 15 is 0 Å². The molecule has 0 spiro atoms. The Morgan fingerprint density at radius 2 is 1.95 bits per heavy atom. The van der Waals surface area contributed by atoms with Crippen LogP contribution in [-0.4, -0.2) is 33.0 Å². The molecule has 0 fully saturated rings. The zero-order chi connectivity index (χ0) is 14.5. The van der Waals surface area contributed by atoms with Crippen molar-refractivity contribution in [3.8, 4) is 0 Å². The van der Waals surface area contributed by atoms with Crippen molar-refractivity contribution in [2.24, 2.45) is 5.73 Å². The number of hydrogen-bond donors (Lipinski definition) is 2. The minimum atomic E-state index is 0.0351. The second-order valence-electron chi connectivity index (χ2n) is 4.78. The Kier molecular flexibility index (Phi) is 4.47. The second kappa shape index (κ2) is 6.29. The Morgan fingerprint density at radius 3 is 2.50 bits per heavy atom. The lowest BCUT2D eigenvalue weighted by Gasteiger charge is -2.15. The van der Waals surface area contributed by atoms with Crippen molar-refractivity contribution in [2.45, 2.75) is 26.4 Å². The molecule has 0 bridgehead atoms. The third kappa shape index (κ3) is 3.64. The highest BCUT2D eigenvalue weighted by molar-refractivity contribution is 5.78. The third-order valence-electron chi connectivity index (χ3n) is 3.06. The van der Waals surface area contributed by atoms with Crippen LogP contribution >= 0.6 is 0 Å². The van der Waals surface area contributed by atoms with Crippen LogP contribution in [0.15, 0.2) is 24.3 Å². The van der Waals surface area contributed by atoms with Gasteiger partial charge in [0.1, 0.15) is 5.82 Å². The molecule has 1 amide bonds. The summed E-state index contributed by atoms with van der Waals surface area (Å²) in [5.74, 6) is 1.41. The lowest BCUT2D eigenvalue weighted by atomic mass is 10.1. The number of benzene rings is 1. The van der Waals surface area contributed by atoms with E-state index in [2.05, 4.69) is 15.2 Å². The monoisotopic (exact) mass is 273 g/mol. The van der Waals surface area contributed by atoms with Gasteiger partial charge in [0, 0.05) is 13.6 Å². The second-order valence-corrected chi connectivity index (χ2v) is 4.78. The first-order valence-electron chi connectivity index (χ1n) is 6.48. The molecule has 20 heavy (non-hydrogen) atoms. The molecule has 3 N–H and O–H groups in total. The molecule has 0 aliphatic heterocycles. The van der Waals surface area contributed by atoms with E-state index in [0.29, 0.717) is 25.3 Å². The maximum atomic E-state index is 12.1. The molecule has 0 saturated heterocycles. The van der Waals surface area contributed by atoms with E-state index in [0.717, 1.165) is 17.0 Å². The summed E-state index contributed by atoms with van der Waals surface area (Å²) in [6.07, 6.45) is 0.366. The maximum absolute atomic E-state index is 12.1. The number of likely N-dealkylation sites (N-methyl/N-ethyl adjacent to an activating group) is 1. The highest BCUT2D eigenvalue weighted by Crippen LogP contribution is 2.07. The number of H-pyrrole nitrogens is 1. The average Bonchev–Trinajstić information content (AvgIpc) is 2.85. The molecule has 6 nitrogen and oxygen atoms in total. The zero-order valence-electron chi connectivity index (χ0n) is 11.8. The molecular formula is C14H19N5O. The van der Waals surface area contributed by atoms with Crippen LogP contribution in [0.4, 0.5) is 0 Å². The lowest BCUT2D eigenvalue weighted by molar-refractivity contribution is -0.129. The highest BCUT2D eigenvalue weighted by atomic mass is 16.2. The minimum absolute atomic E-state index is 0.0351. The van der Waals surface area contributed by atoms with Gasteiger partial charge in [0.05, 0.1) is 13.0 Å². The van der Waals surface area contributed by atoms with Gasteiger partial charge in [0.15, 0.2) is 5.82 Å². The smallest absolute Gasteiger partial charge is 0.227 e. The Labute approximate surface area is 118 Å². The zero-order valence-corrected chi connectivity index (χ0v) is 11.8. The van der Waals surface area contributed by atoms with Gasteiger partial charge < -0.3 is 10.6 Å². The molecule has 2 rings (SSSR count). The van der Waals surface area contributed by atoms with Gasteiger partial charge in [-0.15, -0.1) is 0 Å². The summed E-state index contributed by atoms with van der Waals surface area (Å²) >= 11 is 0. The van der Waals surface area contributed by atoms with Crippen LogP contribution in [0.2, 0.25) is 0 Å². The molecular weight excluding hydrogens is 254 g/mol. The van der Waals surface area contributed by atoms with Crippen LogP contribution in [0.1, 0.15) is 22.8 Å². The van der Waals surface area contributed by atoms with Gasteiger partial charge in [0.25, 0.3) is 0 Å². The van der Waals surface area contributed by atoms with Crippen molar-refractivity contribution in [1.82, 2.24) is 20.1 Å². The van der Waals surface area contributed by atoms with E-state index in [9.17, 15) is 4.79 Å². The maximum Gasteiger partial charge on any atom is 0.227 e. The average molecular weight is 273 g/mol. The van der Waals surface area contributed by atoms with Crippen molar-refractivity contribution in [1.29, 1.82) is 0 Å². The summed E-state index contributed by atoms with van der Waals surface area (Å²) in [4.78, 5) is 17.9. The molecule has 1 aromatic carbocycles. The molecule has 0 aliphatic carbocycles. The van der Waals surface area contributed by atoms with Crippen LogP contribution < -0.4 is 5.73 Å². The van der Waals surface area contributed by atoms with Crippen molar-refractivity contribution < 1.29 is 4.79 Å². The summed E-state index contributed by atoms with van der Waals surface area (Å²) in [7, 11) is 1.75. The standard InChI is InChI=1S/C14H19N5O/c1-10-16-13(18-17-10)9-19(2)14(20)7-11-3-5-12(8-15)6-4-11/h3-6H,7-9,15H2,1-2H3,(H,16,17,18). The predicted octanol–water partition coefficient (Wildman–Crippen LogP) is 0.773. The molecule has 0 saturated carbocycles. The first-order valence-corrected chi connectivity index (χ1v) is 6.48. The normalized spacial score (nSPS) is 10.6. The van der Waals surface area contributed by atoms with Gasteiger partial charge in [-0.05, 0) is 18.1 Å². The van der Waals surface area contributed by atoms with Crippen LogP contribution in [0.5, 0.6) is 0 Å². The predicted molar refractivity (Wildman–Crippen MR) is 75.6 cm³/mol. The Balaban J connectivity index is 1.93. The first-order chi connectivity index (χ1) is 9.58. The third-order valence-corrected chi connectivity index (χ3v) is 3.06. The van der Waals surface area contributed by atoms with Crippen LogP contribution in [-0.2, 0) is 24.3 Å². The number of aromatic amines is 1. The van der Waals surface area contributed by atoms with Gasteiger partial charge in [0.2, 0.25) is 5.91 Å². The fourth-order valence-corrected chi connectivity index (χ4v) is 1.86. The van der Waals surface area contributed by atoms with Crippen molar-refractivity contribution in [2.75, 3.05) is 7.05 Å². The molecule has 0 radical (unpaired) electrons. The summed E-state index contributed by atoms with van der Waals surface area (Å²) in [5.41, 5.74) is 7.58. The van der Waals surface area contributed by atoms with Crippen molar-refractivity contribution in [3.05, 3.63) is 47.0 Å². The Hall–Kier alpha value is -2.21. The number of carbonyl (C=O) groups is 1. The minimum Gasteiger partial charge on any atom is -0.338 e. The number of nitrogens with two attached hydrogens (primary N) is 1.